The molecule has 1 saturated heterocycles. The molecule has 96 valence electrons. The highest BCUT2D eigenvalue weighted by atomic mass is 32.1. The maximum absolute atomic E-state index is 4.46. The third-order valence-corrected chi connectivity index (χ3v) is 4.10. The van der Waals surface area contributed by atoms with E-state index in [2.05, 4.69) is 27.9 Å². The molecule has 1 atom stereocenters. The van der Waals surface area contributed by atoms with Crippen LogP contribution in [0.4, 0.5) is 0 Å². The van der Waals surface area contributed by atoms with Crippen molar-refractivity contribution in [1.82, 2.24) is 15.6 Å². The van der Waals surface area contributed by atoms with Crippen LogP contribution in [0.2, 0.25) is 0 Å². The molecular weight excluding hydrogens is 230 g/mol. The van der Waals surface area contributed by atoms with E-state index < -0.39 is 0 Å². The Morgan fingerprint density at radius 1 is 1.41 bits per heavy atom. The van der Waals surface area contributed by atoms with Gasteiger partial charge in [0.15, 0.2) is 0 Å². The standard InChI is InChI=1S/C13H23N3S/c1-11-16-13(10-17-11)9-14-8-12-6-4-2-3-5-7-15-12/h10,12,14-15H,2-9H2,1H3. The fourth-order valence-corrected chi connectivity index (χ4v) is 2.93. The van der Waals surface area contributed by atoms with Gasteiger partial charge in [0.25, 0.3) is 0 Å². The van der Waals surface area contributed by atoms with Gasteiger partial charge in [-0.25, -0.2) is 4.98 Å². The molecule has 3 nitrogen and oxygen atoms in total. The summed E-state index contributed by atoms with van der Waals surface area (Å²) in [5.74, 6) is 0. The molecule has 17 heavy (non-hydrogen) atoms. The quantitative estimate of drug-likeness (QED) is 0.865. The normalized spacial score (nSPS) is 22.1. The lowest BCUT2D eigenvalue weighted by molar-refractivity contribution is 0.398. The number of hydrogen-bond acceptors (Lipinski definition) is 4. The summed E-state index contributed by atoms with van der Waals surface area (Å²) in [6.07, 6.45) is 6.81. The number of aryl methyl sites for hydroxylation is 1. The van der Waals surface area contributed by atoms with Gasteiger partial charge in [0.1, 0.15) is 0 Å². The van der Waals surface area contributed by atoms with E-state index in [0.29, 0.717) is 6.04 Å². The summed E-state index contributed by atoms with van der Waals surface area (Å²) >= 11 is 1.73. The van der Waals surface area contributed by atoms with Gasteiger partial charge < -0.3 is 10.6 Å². The third kappa shape index (κ3) is 4.74. The van der Waals surface area contributed by atoms with Crippen molar-refractivity contribution in [1.29, 1.82) is 0 Å². The van der Waals surface area contributed by atoms with Crippen molar-refractivity contribution in [2.75, 3.05) is 13.1 Å². The van der Waals surface area contributed by atoms with Gasteiger partial charge in [0.2, 0.25) is 0 Å². The maximum Gasteiger partial charge on any atom is 0.0897 e. The Bertz CT molecular complexity index is 316. The van der Waals surface area contributed by atoms with Crippen molar-refractivity contribution in [3.63, 3.8) is 0 Å². The average Bonchev–Trinajstić information content (AvgIpc) is 2.67. The van der Waals surface area contributed by atoms with Gasteiger partial charge >= 0.3 is 0 Å². The van der Waals surface area contributed by atoms with E-state index in [1.54, 1.807) is 11.3 Å². The number of nitrogens with one attached hydrogen (secondary N) is 2. The van der Waals surface area contributed by atoms with E-state index in [0.717, 1.165) is 18.1 Å². The first-order chi connectivity index (χ1) is 8.34. The molecule has 2 heterocycles. The zero-order valence-corrected chi connectivity index (χ0v) is 11.5. The van der Waals surface area contributed by atoms with Crippen molar-refractivity contribution >= 4 is 11.3 Å². The summed E-state index contributed by atoms with van der Waals surface area (Å²) in [5.41, 5.74) is 1.18. The predicted octanol–water partition coefficient (Wildman–Crippen LogP) is 2.46. The molecule has 0 aliphatic carbocycles. The highest BCUT2D eigenvalue weighted by molar-refractivity contribution is 7.09. The second-order valence-corrected chi connectivity index (χ2v) is 5.90. The highest BCUT2D eigenvalue weighted by Crippen LogP contribution is 2.10. The van der Waals surface area contributed by atoms with Crippen LogP contribution in [-0.2, 0) is 6.54 Å². The average molecular weight is 253 g/mol. The molecule has 0 bridgehead atoms. The van der Waals surface area contributed by atoms with E-state index in [-0.39, 0.29) is 0 Å². The molecular formula is C13H23N3S. The second kappa shape index (κ2) is 7.09. The van der Waals surface area contributed by atoms with Crippen LogP contribution in [0.1, 0.15) is 42.8 Å². The van der Waals surface area contributed by atoms with Gasteiger partial charge in [-0.3, -0.25) is 0 Å². The molecule has 1 aliphatic rings. The van der Waals surface area contributed by atoms with Crippen molar-refractivity contribution in [3.05, 3.63) is 16.1 Å². The first-order valence-corrected chi connectivity index (χ1v) is 7.57. The first-order valence-electron chi connectivity index (χ1n) is 6.70. The van der Waals surface area contributed by atoms with Crippen LogP contribution < -0.4 is 10.6 Å². The summed E-state index contributed by atoms with van der Waals surface area (Å²) in [7, 11) is 0. The Kier molecular flexibility index (Phi) is 5.42. The van der Waals surface area contributed by atoms with Crippen LogP contribution in [0, 0.1) is 6.92 Å². The SMILES string of the molecule is Cc1nc(CNCC2CCCCCCN2)cs1. The number of nitrogens with zero attached hydrogens (tertiary/aromatic N) is 1. The van der Waals surface area contributed by atoms with Crippen molar-refractivity contribution in [2.24, 2.45) is 0 Å². The molecule has 1 fully saturated rings. The van der Waals surface area contributed by atoms with Crippen molar-refractivity contribution in [3.8, 4) is 0 Å². The van der Waals surface area contributed by atoms with Crippen LogP contribution in [-0.4, -0.2) is 24.1 Å². The first kappa shape index (κ1) is 13.0. The van der Waals surface area contributed by atoms with Crippen molar-refractivity contribution in [2.45, 2.75) is 51.6 Å². The number of thiazole rings is 1. The Labute approximate surface area is 108 Å². The zero-order valence-electron chi connectivity index (χ0n) is 10.7. The van der Waals surface area contributed by atoms with Crippen LogP contribution in [0.3, 0.4) is 0 Å². The molecule has 0 radical (unpaired) electrons. The van der Waals surface area contributed by atoms with Crippen LogP contribution in [0.5, 0.6) is 0 Å². The van der Waals surface area contributed by atoms with E-state index in [4.69, 9.17) is 0 Å². The zero-order chi connectivity index (χ0) is 11.9. The molecule has 0 aromatic carbocycles. The molecule has 1 unspecified atom stereocenters. The Hall–Kier alpha value is -0.450. The largest absolute Gasteiger partial charge is 0.313 e. The van der Waals surface area contributed by atoms with Crippen molar-refractivity contribution < 1.29 is 0 Å². The summed E-state index contributed by atoms with van der Waals surface area (Å²) < 4.78 is 0. The lowest BCUT2D eigenvalue weighted by Crippen LogP contribution is -2.39. The van der Waals surface area contributed by atoms with Crippen LogP contribution in [0.15, 0.2) is 5.38 Å². The molecule has 4 heteroatoms. The Morgan fingerprint density at radius 3 is 3.12 bits per heavy atom. The Morgan fingerprint density at radius 2 is 2.29 bits per heavy atom. The molecule has 1 aromatic heterocycles. The summed E-state index contributed by atoms with van der Waals surface area (Å²) in [5, 5.41) is 10.5. The van der Waals surface area contributed by atoms with E-state index in [1.807, 2.05) is 0 Å². The van der Waals surface area contributed by atoms with Crippen LogP contribution >= 0.6 is 11.3 Å². The van der Waals surface area contributed by atoms with E-state index in [9.17, 15) is 0 Å². The Balaban J connectivity index is 1.66. The topological polar surface area (TPSA) is 37.0 Å². The number of rotatable bonds is 4. The third-order valence-electron chi connectivity index (χ3n) is 3.28. The highest BCUT2D eigenvalue weighted by Gasteiger charge is 2.09. The monoisotopic (exact) mass is 253 g/mol. The lowest BCUT2D eigenvalue weighted by atomic mass is 10.0. The predicted molar refractivity (Wildman–Crippen MR) is 73.4 cm³/mol. The number of aromatic nitrogens is 1. The van der Waals surface area contributed by atoms with Gasteiger partial charge in [-0.1, -0.05) is 19.3 Å². The van der Waals surface area contributed by atoms with Crippen LogP contribution in [0.25, 0.3) is 0 Å². The van der Waals surface area contributed by atoms with E-state index in [1.165, 1.54) is 44.3 Å². The minimum Gasteiger partial charge on any atom is -0.313 e. The molecule has 0 amide bonds. The fourth-order valence-electron chi connectivity index (χ4n) is 2.32. The van der Waals surface area contributed by atoms with Gasteiger partial charge in [-0.15, -0.1) is 11.3 Å². The van der Waals surface area contributed by atoms with Gasteiger partial charge in [-0.2, -0.15) is 0 Å². The molecule has 1 aliphatic heterocycles. The van der Waals surface area contributed by atoms with Gasteiger partial charge in [0, 0.05) is 24.5 Å². The minimum atomic E-state index is 0.648. The molecule has 0 spiro atoms. The smallest absolute Gasteiger partial charge is 0.0897 e. The molecule has 1 aromatic rings. The van der Waals surface area contributed by atoms with E-state index >= 15 is 0 Å². The fraction of sp³-hybridized carbons (Fsp3) is 0.769. The molecule has 0 saturated carbocycles. The second-order valence-electron chi connectivity index (χ2n) is 4.84. The van der Waals surface area contributed by atoms with Gasteiger partial charge in [-0.05, 0) is 26.3 Å². The minimum absolute atomic E-state index is 0.648. The maximum atomic E-state index is 4.46. The number of hydrogen-bond donors (Lipinski definition) is 2. The summed E-state index contributed by atoms with van der Waals surface area (Å²) in [6.45, 7) is 5.21. The summed E-state index contributed by atoms with van der Waals surface area (Å²) in [4.78, 5) is 4.46. The molecule has 2 rings (SSSR count). The lowest BCUT2D eigenvalue weighted by Gasteiger charge is -2.21. The van der Waals surface area contributed by atoms with Gasteiger partial charge in [0.05, 0.1) is 10.7 Å². The molecule has 2 N–H and O–H groups in total. The summed E-state index contributed by atoms with van der Waals surface area (Å²) in [6, 6.07) is 0.648.